The smallest absolute Gasteiger partial charge is 0.416 e. The molecule has 1 aromatic heterocycles. The molecule has 2 aromatic carbocycles. The van der Waals surface area contributed by atoms with Crippen LogP contribution in [0.4, 0.5) is 26.3 Å². The number of benzene rings is 2. The van der Waals surface area contributed by atoms with Crippen molar-refractivity contribution in [2.24, 2.45) is 0 Å². The van der Waals surface area contributed by atoms with Gasteiger partial charge < -0.3 is 20.1 Å². The van der Waals surface area contributed by atoms with Gasteiger partial charge in [-0.25, -0.2) is 9.78 Å². The summed E-state index contributed by atoms with van der Waals surface area (Å²) in [4.78, 5) is 21.6. The first-order valence-corrected chi connectivity index (χ1v) is 11.5. The summed E-state index contributed by atoms with van der Waals surface area (Å²) in [6, 6.07) is 9.20. The van der Waals surface area contributed by atoms with Crippen LogP contribution >= 0.6 is 0 Å². The number of carbonyl (C=O) groups is 1. The Bertz CT molecular complexity index is 1230. The Morgan fingerprint density at radius 2 is 1.62 bits per heavy atom. The number of ether oxygens (including phenoxy) is 1. The number of hydrogen-bond acceptors (Lipinski definition) is 6. The van der Waals surface area contributed by atoms with Crippen molar-refractivity contribution in [3.63, 3.8) is 0 Å². The first-order valence-electron chi connectivity index (χ1n) is 11.5. The maximum atomic E-state index is 12.4. The van der Waals surface area contributed by atoms with Crippen LogP contribution in [0.15, 0.2) is 48.7 Å². The number of likely N-dealkylation sites (N-methyl/N-ethyl adjacent to an activating group) is 1. The van der Waals surface area contributed by atoms with E-state index in [0.29, 0.717) is 24.4 Å². The van der Waals surface area contributed by atoms with Gasteiger partial charge in [0.2, 0.25) is 0 Å². The van der Waals surface area contributed by atoms with Crippen molar-refractivity contribution in [2.75, 3.05) is 34.3 Å². The van der Waals surface area contributed by atoms with Gasteiger partial charge in [0.05, 0.1) is 16.8 Å². The number of alkyl halides is 6. The van der Waals surface area contributed by atoms with Gasteiger partial charge in [0, 0.05) is 24.8 Å². The summed E-state index contributed by atoms with van der Waals surface area (Å²) in [5, 5.41) is 11.8. The zero-order chi connectivity index (χ0) is 29.4. The number of carboxylic acids is 1. The number of nitrogens with zero attached hydrogens (tertiary/aromatic N) is 3. The van der Waals surface area contributed by atoms with E-state index in [0.717, 1.165) is 17.7 Å². The molecule has 0 aliphatic rings. The van der Waals surface area contributed by atoms with Crippen molar-refractivity contribution in [3.05, 3.63) is 76.5 Å². The first kappa shape index (κ1) is 31.5. The molecular weight excluding hydrogens is 530 g/mol. The van der Waals surface area contributed by atoms with Crippen molar-refractivity contribution >= 4 is 5.97 Å². The summed E-state index contributed by atoms with van der Waals surface area (Å²) in [5.41, 5.74) is -0.498. The lowest BCUT2D eigenvalue weighted by Crippen LogP contribution is -2.20. The van der Waals surface area contributed by atoms with Gasteiger partial charge in [0.15, 0.2) is 0 Å². The van der Waals surface area contributed by atoms with E-state index in [1.165, 1.54) is 13.2 Å². The summed E-state index contributed by atoms with van der Waals surface area (Å²) < 4.78 is 79.8. The van der Waals surface area contributed by atoms with Crippen LogP contribution in [0.25, 0.3) is 11.3 Å². The first-order chi connectivity index (χ1) is 18.1. The van der Waals surface area contributed by atoms with Crippen LogP contribution in [0, 0.1) is 6.92 Å². The van der Waals surface area contributed by atoms with E-state index >= 15 is 0 Å². The average molecular weight is 559 g/mol. The van der Waals surface area contributed by atoms with Gasteiger partial charge in [0.1, 0.15) is 12.2 Å². The molecule has 3 rings (SSSR count). The quantitative estimate of drug-likeness (QED) is 0.352. The highest BCUT2D eigenvalue weighted by Gasteiger charge is 2.36. The standard InChI is InChI=1S/C16H19N3O3.C10H9F6N/c1-11-6-4-5-7-12(11)14-13(15(20)21)10-17-16(18-14)22-9-8-19(2)3;1-17-5-6-2-7(9(11,12)13)4-8(3-6)10(14,15)16/h4-7,10H,8-9H2,1-3H3,(H,20,21);2-4,17H,5H2,1H3. The van der Waals surface area contributed by atoms with E-state index in [9.17, 15) is 36.2 Å². The monoisotopic (exact) mass is 558 g/mol. The Morgan fingerprint density at radius 3 is 2.10 bits per heavy atom. The Hall–Kier alpha value is -3.71. The van der Waals surface area contributed by atoms with Gasteiger partial charge in [-0.2, -0.15) is 31.3 Å². The molecule has 0 atom stereocenters. The number of rotatable bonds is 8. The summed E-state index contributed by atoms with van der Waals surface area (Å²) in [6.07, 6.45) is -8.28. The van der Waals surface area contributed by atoms with E-state index < -0.39 is 29.4 Å². The van der Waals surface area contributed by atoms with Crippen molar-refractivity contribution in [3.8, 4) is 17.3 Å². The molecule has 0 amide bonds. The van der Waals surface area contributed by atoms with Gasteiger partial charge in [-0.1, -0.05) is 24.3 Å². The lowest BCUT2D eigenvalue weighted by Gasteiger charge is -2.13. The van der Waals surface area contributed by atoms with Crippen LogP contribution < -0.4 is 10.1 Å². The number of hydrogen-bond donors (Lipinski definition) is 2. The lowest BCUT2D eigenvalue weighted by atomic mass is 10.0. The minimum atomic E-state index is -4.79. The van der Waals surface area contributed by atoms with Crippen molar-refractivity contribution in [2.45, 2.75) is 25.8 Å². The van der Waals surface area contributed by atoms with Gasteiger partial charge in [-0.3, -0.25) is 0 Å². The van der Waals surface area contributed by atoms with E-state index in [1.807, 2.05) is 50.2 Å². The Balaban J connectivity index is 0.000000283. The van der Waals surface area contributed by atoms with Crippen LogP contribution in [0.5, 0.6) is 6.01 Å². The molecule has 0 saturated heterocycles. The van der Waals surface area contributed by atoms with E-state index in [-0.39, 0.29) is 29.7 Å². The maximum absolute atomic E-state index is 12.4. The average Bonchev–Trinajstić information content (AvgIpc) is 2.83. The van der Waals surface area contributed by atoms with Gasteiger partial charge in [-0.15, -0.1) is 0 Å². The van der Waals surface area contributed by atoms with Gasteiger partial charge in [-0.05, 0) is 57.4 Å². The van der Waals surface area contributed by atoms with Crippen molar-refractivity contribution in [1.29, 1.82) is 0 Å². The summed E-state index contributed by atoms with van der Waals surface area (Å²) >= 11 is 0. The number of nitrogens with one attached hydrogen (secondary N) is 1. The molecule has 39 heavy (non-hydrogen) atoms. The molecule has 13 heteroatoms. The topological polar surface area (TPSA) is 87.6 Å². The van der Waals surface area contributed by atoms with Crippen LogP contribution in [0.2, 0.25) is 0 Å². The minimum absolute atomic E-state index is 0.0605. The Morgan fingerprint density at radius 1 is 1.03 bits per heavy atom. The molecule has 0 saturated carbocycles. The lowest BCUT2D eigenvalue weighted by molar-refractivity contribution is -0.143. The third kappa shape index (κ3) is 9.52. The van der Waals surface area contributed by atoms with Crippen molar-refractivity contribution < 1.29 is 41.0 Å². The molecule has 0 aliphatic carbocycles. The molecule has 3 aromatic rings. The fourth-order valence-electron chi connectivity index (χ4n) is 3.28. The highest BCUT2D eigenvalue weighted by atomic mass is 19.4. The second-order valence-electron chi connectivity index (χ2n) is 8.63. The third-order valence-corrected chi connectivity index (χ3v) is 5.20. The normalized spacial score (nSPS) is 11.7. The summed E-state index contributed by atoms with van der Waals surface area (Å²) in [5.74, 6) is -1.06. The number of aromatic carboxylic acids is 1. The predicted molar refractivity (Wildman–Crippen MR) is 132 cm³/mol. The fourth-order valence-corrected chi connectivity index (χ4v) is 3.28. The molecule has 0 spiro atoms. The maximum Gasteiger partial charge on any atom is 0.416 e. The van der Waals surface area contributed by atoms with E-state index in [4.69, 9.17) is 4.74 Å². The number of aromatic nitrogens is 2. The molecule has 0 bridgehead atoms. The minimum Gasteiger partial charge on any atom is -0.478 e. The van der Waals surface area contributed by atoms with Gasteiger partial charge >= 0.3 is 24.3 Å². The second-order valence-corrected chi connectivity index (χ2v) is 8.63. The molecule has 0 radical (unpaired) electrons. The van der Waals surface area contributed by atoms with E-state index in [2.05, 4.69) is 15.3 Å². The number of halogens is 6. The third-order valence-electron chi connectivity index (χ3n) is 5.20. The zero-order valence-electron chi connectivity index (χ0n) is 21.6. The zero-order valence-corrected chi connectivity index (χ0v) is 21.6. The highest BCUT2D eigenvalue weighted by molar-refractivity contribution is 5.94. The summed E-state index contributed by atoms with van der Waals surface area (Å²) in [7, 11) is 5.32. The van der Waals surface area contributed by atoms with Gasteiger partial charge in [0.25, 0.3) is 0 Å². The Kier molecular flexibility index (Phi) is 10.8. The largest absolute Gasteiger partial charge is 0.478 e. The SMILES string of the molecule is CNCc1cc(C(F)(F)F)cc(C(F)(F)F)c1.Cc1ccccc1-c1nc(OCCN(C)C)ncc1C(=O)O. The predicted octanol–water partition coefficient (Wildman–Crippen LogP) is 5.53. The number of carboxylic acid groups (broad SMARTS) is 1. The van der Waals surface area contributed by atoms with E-state index in [1.54, 1.807) is 0 Å². The van der Waals surface area contributed by atoms with Crippen molar-refractivity contribution in [1.82, 2.24) is 20.2 Å². The molecule has 0 fully saturated rings. The molecule has 2 N–H and O–H groups in total. The molecule has 1 heterocycles. The van der Waals surface area contributed by atoms with Crippen LogP contribution in [-0.4, -0.2) is 60.2 Å². The fraction of sp³-hybridized carbons (Fsp3) is 0.346. The number of aryl methyl sites for hydroxylation is 1. The molecule has 0 aliphatic heterocycles. The molecular formula is C26H28F6N4O3. The van der Waals surface area contributed by atoms with Crippen LogP contribution in [0.1, 0.15) is 32.6 Å². The molecule has 212 valence electrons. The molecule has 0 unspecified atom stereocenters. The molecule has 7 nitrogen and oxygen atoms in total. The van der Waals surface area contributed by atoms with Crippen LogP contribution in [0.3, 0.4) is 0 Å². The second kappa shape index (κ2) is 13.4. The Labute approximate surface area is 221 Å². The summed E-state index contributed by atoms with van der Waals surface area (Å²) in [6.45, 7) is 3.01. The highest BCUT2D eigenvalue weighted by Crippen LogP contribution is 2.36. The van der Waals surface area contributed by atoms with Crippen LogP contribution in [-0.2, 0) is 18.9 Å².